The SMILES string of the molecule is N#Cc1cccc(NCCC2=CCCC2)c1. The molecule has 0 aliphatic heterocycles. The highest BCUT2D eigenvalue weighted by Gasteiger charge is 2.03. The molecule has 0 unspecified atom stereocenters. The van der Waals surface area contributed by atoms with Crippen molar-refractivity contribution >= 4 is 5.69 Å². The molecule has 2 nitrogen and oxygen atoms in total. The molecule has 0 saturated carbocycles. The molecule has 0 radical (unpaired) electrons. The van der Waals surface area contributed by atoms with E-state index in [-0.39, 0.29) is 0 Å². The van der Waals surface area contributed by atoms with Gasteiger partial charge in [-0.3, -0.25) is 0 Å². The lowest BCUT2D eigenvalue weighted by molar-refractivity contribution is 0.863. The summed E-state index contributed by atoms with van der Waals surface area (Å²) < 4.78 is 0. The fourth-order valence-corrected chi connectivity index (χ4v) is 2.03. The second-order valence-corrected chi connectivity index (χ2v) is 4.12. The number of nitrogens with zero attached hydrogens (tertiary/aromatic N) is 1. The Kier molecular flexibility index (Phi) is 3.61. The first-order valence-corrected chi connectivity index (χ1v) is 5.80. The zero-order valence-corrected chi connectivity index (χ0v) is 9.37. The van der Waals surface area contributed by atoms with Gasteiger partial charge in [0.2, 0.25) is 0 Å². The zero-order valence-electron chi connectivity index (χ0n) is 9.37. The summed E-state index contributed by atoms with van der Waals surface area (Å²) >= 11 is 0. The summed E-state index contributed by atoms with van der Waals surface area (Å²) in [5, 5.41) is 12.1. The summed E-state index contributed by atoms with van der Waals surface area (Å²) in [6, 6.07) is 9.78. The van der Waals surface area contributed by atoms with Crippen LogP contribution in [-0.2, 0) is 0 Å². The highest BCUT2D eigenvalue weighted by atomic mass is 14.9. The quantitative estimate of drug-likeness (QED) is 0.776. The van der Waals surface area contributed by atoms with Crippen LogP contribution in [0.2, 0.25) is 0 Å². The first-order valence-electron chi connectivity index (χ1n) is 5.80. The van der Waals surface area contributed by atoms with E-state index in [1.54, 1.807) is 5.57 Å². The van der Waals surface area contributed by atoms with Crippen LogP contribution >= 0.6 is 0 Å². The minimum Gasteiger partial charge on any atom is -0.385 e. The first kappa shape index (κ1) is 10.8. The van der Waals surface area contributed by atoms with Gasteiger partial charge in [0.25, 0.3) is 0 Å². The second kappa shape index (κ2) is 5.37. The van der Waals surface area contributed by atoms with Gasteiger partial charge in [0, 0.05) is 12.2 Å². The van der Waals surface area contributed by atoms with Gasteiger partial charge >= 0.3 is 0 Å². The molecule has 16 heavy (non-hydrogen) atoms. The Bertz CT molecular complexity index is 427. The second-order valence-electron chi connectivity index (χ2n) is 4.12. The Hall–Kier alpha value is -1.75. The van der Waals surface area contributed by atoms with Crippen LogP contribution in [0.1, 0.15) is 31.2 Å². The Morgan fingerprint density at radius 2 is 2.31 bits per heavy atom. The molecular weight excluding hydrogens is 196 g/mol. The standard InChI is InChI=1S/C14H16N2/c15-11-13-6-3-7-14(10-13)16-9-8-12-4-1-2-5-12/h3-4,6-7,10,16H,1-2,5,8-9H2. The predicted molar refractivity (Wildman–Crippen MR) is 66.2 cm³/mol. The molecule has 0 bridgehead atoms. The normalized spacial score (nSPS) is 14.3. The van der Waals surface area contributed by atoms with Gasteiger partial charge in [0.05, 0.1) is 11.6 Å². The van der Waals surface area contributed by atoms with Crippen LogP contribution in [0, 0.1) is 11.3 Å². The minimum atomic E-state index is 0.713. The molecule has 1 aliphatic carbocycles. The van der Waals surface area contributed by atoms with Crippen LogP contribution in [0.4, 0.5) is 5.69 Å². The molecule has 1 aliphatic rings. The van der Waals surface area contributed by atoms with Crippen molar-refractivity contribution in [2.24, 2.45) is 0 Å². The fraction of sp³-hybridized carbons (Fsp3) is 0.357. The van der Waals surface area contributed by atoms with Gasteiger partial charge in [-0.15, -0.1) is 0 Å². The zero-order chi connectivity index (χ0) is 11.2. The van der Waals surface area contributed by atoms with E-state index in [2.05, 4.69) is 17.5 Å². The lowest BCUT2D eigenvalue weighted by Gasteiger charge is -2.06. The molecule has 0 spiro atoms. The maximum absolute atomic E-state index is 8.77. The van der Waals surface area contributed by atoms with Gasteiger partial charge < -0.3 is 5.32 Å². The van der Waals surface area contributed by atoms with E-state index < -0.39 is 0 Å². The van der Waals surface area contributed by atoms with E-state index in [0.717, 1.165) is 18.7 Å². The van der Waals surface area contributed by atoms with E-state index in [0.29, 0.717) is 5.56 Å². The molecule has 0 saturated heterocycles. The highest BCUT2D eigenvalue weighted by Crippen LogP contribution is 2.20. The van der Waals surface area contributed by atoms with Crippen molar-refractivity contribution < 1.29 is 0 Å². The van der Waals surface area contributed by atoms with Gasteiger partial charge in [-0.2, -0.15) is 5.26 Å². The van der Waals surface area contributed by atoms with Crippen LogP contribution in [-0.4, -0.2) is 6.54 Å². The number of nitriles is 1. The first-order chi connectivity index (χ1) is 7.88. The van der Waals surface area contributed by atoms with E-state index in [9.17, 15) is 0 Å². The molecule has 0 amide bonds. The number of rotatable bonds is 4. The topological polar surface area (TPSA) is 35.8 Å². The summed E-state index contributed by atoms with van der Waals surface area (Å²) in [4.78, 5) is 0. The van der Waals surface area contributed by atoms with Crippen molar-refractivity contribution in [1.82, 2.24) is 0 Å². The third kappa shape index (κ3) is 2.87. The number of hydrogen-bond donors (Lipinski definition) is 1. The van der Waals surface area contributed by atoms with Crippen LogP contribution in [0.15, 0.2) is 35.9 Å². The lowest BCUT2D eigenvalue weighted by atomic mass is 10.1. The molecule has 1 N–H and O–H groups in total. The van der Waals surface area contributed by atoms with Crippen molar-refractivity contribution in [3.05, 3.63) is 41.5 Å². The predicted octanol–water partition coefficient (Wildman–Crippen LogP) is 3.47. The summed E-state index contributed by atoms with van der Waals surface area (Å²) in [6.07, 6.45) is 7.31. The van der Waals surface area contributed by atoms with E-state index in [1.165, 1.54) is 19.3 Å². The third-order valence-corrected chi connectivity index (χ3v) is 2.90. The average molecular weight is 212 g/mol. The number of nitrogens with one attached hydrogen (secondary N) is 1. The van der Waals surface area contributed by atoms with Crippen molar-refractivity contribution in [3.63, 3.8) is 0 Å². The van der Waals surface area contributed by atoms with Crippen LogP contribution in [0.25, 0.3) is 0 Å². The number of anilines is 1. The number of allylic oxidation sites excluding steroid dienone is 1. The Morgan fingerprint density at radius 1 is 1.38 bits per heavy atom. The number of hydrogen-bond acceptors (Lipinski definition) is 2. The molecule has 2 heteroatoms. The van der Waals surface area contributed by atoms with Gasteiger partial charge in [0.15, 0.2) is 0 Å². The molecular formula is C14H16N2. The van der Waals surface area contributed by atoms with Crippen LogP contribution in [0.3, 0.4) is 0 Å². The summed E-state index contributed by atoms with van der Waals surface area (Å²) in [6.45, 7) is 0.959. The summed E-state index contributed by atoms with van der Waals surface area (Å²) in [7, 11) is 0. The molecule has 1 aromatic rings. The molecule has 82 valence electrons. The Balaban J connectivity index is 1.82. The maximum Gasteiger partial charge on any atom is 0.0992 e. The fourth-order valence-electron chi connectivity index (χ4n) is 2.03. The van der Waals surface area contributed by atoms with Gasteiger partial charge in [0.1, 0.15) is 0 Å². The molecule has 0 atom stereocenters. The van der Waals surface area contributed by atoms with Crippen molar-refractivity contribution in [3.8, 4) is 6.07 Å². The average Bonchev–Trinajstić information content (AvgIpc) is 2.82. The largest absolute Gasteiger partial charge is 0.385 e. The maximum atomic E-state index is 8.77. The van der Waals surface area contributed by atoms with E-state index in [1.807, 2.05) is 24.3 Å². The van der Waals surface area contributed by atoms with Gasteiger partial charge in [-0.05, 0) is 43.9 Å². The molecule has 2 rings (SSSR count). The lowest BCUT2D eigenvalue weighted by Crippen LogP contribution is -2.02. The molecule has 0 fully saturated rings. The summed E-state index contributed by atoms with van der Waals surface area (Å²) in [5.41, 5.74) is 3.33. The third-order valence-electron chi connectivity index (χ3n) is 2.90. The van der Waals surface area contributed by atoms with Crippen molar-refractivity contribution in [2.45, 2.75) is 25.7 Å². The van der Waals surface area contributed by atoms with E-state index >= 15 is 0 Å². The molecule has 1 aromatic carbocycles. The monoisotopic (exact) mass is 212 g/mol. The Labute approximate surface area is 96.6 Å². The Morgan fingerprint density at radius 3 is 3.06 bits per heavy atom. The number of benzene rings is 1. The van der Waals surface area contributed by atoms with Crippen molar-refractivity contribution in [2.75, 3.05) is 11.9 Å². The molecule has 0 heterocycles. The minimum absolute atomic E-state index is 0.713. The van der Waals surface area contributed by atoms with Gasteiger partial charge in [-0.1, -0.05) is 17.7 Å². The van der Waals surface area contributed by atoms with E-state index in [4.69, 9.17) is 5.26 Å². The summed E-state index contributed by atoms with van der Waals surface area (Å²) in [5.74, 6) is 0. The van der Waals surface area contributed by atoms with Crippen LogP contribution < -0.4 is 5.32 Å². The van der Waals surface area contributed by atoms with Crippen molar-refractivity contribution in [1.29, 1.82) is 5.26 Å². The smallest absolute Gasteiger partial charge is 0.0992 e. The van der Waals surface area contributed by atoms with Gasteiger partial charge in [-0.25, -0.2) is 0 Å². The highest BCUT2D eigenvalue weighted by molar-refractivity contribution is 5.49. The van der Waals surface area contributed by atoms with Crippen LogP contribution in [0.5, 0.6) is 0 Å². The molecule has 0 aromatic heterocycles.